The molecule has 0 saturated heterocycles. The molecule has 1 aliphatic heterocycles. The number of ketones is 2. The van der Waals surface area contributed by atoms with Gasteiger partial charge >= 0.3 is 0 Å². The van der Waals surface area contributed by atoms with Crippen molar-refractivity contribution in [3.05, 3.63) is 89.9 Å². The third-order valence-electron chi connectivity index (χ3n) is 10.3. The van der Waals surface area contributed by atoms with Crippen LogP contribution in [-0.4, -0.2) is 79.5 Å². The van der Waals surface area contributed by atoms with Crippen LogP contribution in [0.25, 0.3) is 11.3 Å². The van der Waals surface area contributed by atoms with Crippen LogP contribution >= 0.6 is 0 Å². The number of imidazole rings is 1. The van der Waals surface area contributed by atoms with Crippen molar-refractivity contribution in [1.29, 1.82) is 0 Å². The van der Waals surface area contributed by atoms with E-state index in [1.165, 1.54) is 17.1 Å². The Morgan fingerprint density at radius 1 is 1.04 bits per heavy atom. The topological polar surface area (TPSA) is 156 Å². The SMILES string of the molecule is CC(C)(C)[C@H](c1nc(-c2cc(F)ccc2F)cn1Cc1ccccc1)N(CC[C@H](N)C(=O)C[C@@H]1CC[C@@H](C(=O)CCCN2C(=O)C=CC2=O)C1)C(=O)CO. The van der Waals surface area contributed by atoms with Gasteiger partial charge in [0.1, 0.15) is 35.6 Å². The van der Waals surface area contributed by atoms with E-state index in [9.17, 15) is 33.5 Å². The molecule has 4 atom stereocenters. The number of benzene rings is 2. The number of carbonyl (C=O) groups excluding carboxylic acids is 5. The Balaban J connectivity index is 1.28. The third kappa shape index (κ3) is 9.80. The smallest absolute Gasteiger partial charge is 0.253 e. The molecule has 1 aliphatic carbocycles. The molecule has 2 aliphatic rings. The van der Waals surface area contributed by atoms with Crippen LogP contribution < -0.4 is 5.73 Å². The second-order valence-corrected chi connectivity index (χ2v) is 15.4. The first-order valence-electron chi connectivity index (χ1n) is 18.5. The molecule has 0 unspecified atom stereocenters. The van der Waals surface area contributed by atoms with E-state index in [1.807, 2.05) is 51.1 Å². The number of nitrogens with two attached hydrogens (primary N) is 1. The average Bonchev–Trinajstić information content (AvgIpc) is 3.86. The van der Waals surface area contributed by atoms with Crippen LogP contribution in [0.4, 0.5) is 8.78 Å². The lowest BCUT2D eigenvalue weighted by atomic mass is 9.84. The van der Waals surface area contributed by atoms with Crippen molar-refractivity contribution in [2.45, 2.75) is 84.3 Å². The summed E-state index contributed by atoms with van der Waals surface area (Å²) in [6.07, 6.45) is 6.88. The largest absolute Gasteiger partial charge is 0.387 e. The Kier molecular flexibility index (Phi) is 13.1. The van der Waals surface area contributed by atoms with E-state index < -0.39 is 41.6 Å². The molecular weight excluding hydrogens is 696 g/mol. The van der Waals surface area contributed by atoms with Crippen LogP contribution in [0.2, 0.25) is 0 Å². The zero-order chi connectivity index (χ0) is 39.2. The fourth-order valence-electron chi connectivity index (χ4n) is 7.56. The number of aromatic nitrogens is 2. The van der Waals surface area contributed by atoms with E-state index in [-0.39, 0.29) is 78.8 Å². The molecule has 54 heavy (non-hydrogen) atoms. The first-order valence-corrected chi connectivity index (χ1v) is 18.5. The molecule has 0 radical (unpaired) electrons. The molecule has 2 heterocycles. The van der Waals surface area contributed by atoms with E-state index in [0.29, 0.717) is 38.1 Å². The minimum Gasteiger partial charge on any atom is -0.387 e. The Labute approximate surface area is 314 Å². The quantitative estimate of drug-likeness (QED) is 0.180. The fraction of sp³-hybridized carbons (Fsp3) is 0.463. The molecule has 1 fully saturated rings. The summed E-state index contributed by atoms with van der Waals surface area (Å²) >= 11 is 0. The standard InChI is InChI=1S/C41H49F2N5O6/c1-41(2,3)39(40-45-33(30-22-29(42)13-14-31(30)43)24-46(40)23-26-8-5-4-6-9-26)48(38(54)25-49)19-17-32(44)35(51)21-27-11-12-28(20-27)34(50)10-7-18-47-36(52)15-16-37(47)53/h4-6,8-9,13-16,22,24,27-28,32,39,49H,7,10-12,17-21,23,25,44H2,1-3H3/t27-,28-,32+,39+/m1/s1. The van der Waals surface area contributed by atoms with Gasteiger partial charge in [-0.05, 0) is 67.2 Å². The Morgan fingerprint density at radius 3 is 2.41 bits per heavy atom. The zero-order valence-electron chi connectivity index (χ0n) is 31.0. The molecule has 288 valence electrons. The van der Waals surface area contributed by atoms with Crippen LogP contribution in [0, 0.1) is 28.9 Å². The number of imide groups is 1. The molecule has 1 aromatic heterocycles. The third-order valence-corrected chi connectivity index (χ3v) is 10.3. The summed E-state index contributed by atoms with van der Waals surface area (Å²) in [6.45, 7) is 5.43. The van der Waals surface area contributed by atoms with Crippen LogP contribution in [0.3, 0.4) is 0 Å². The van der Waals surface area contributed by atoms with Crippen molar-refractivity contribution in [2.75, 3.05) is 19.7 Å². The first kappa shape index (κ1) is 40.3. The Morgan fingerprint density at radius 2 is 1.74 bits per heavy atom. The number of halogens is 2. The monoisotopic (exact) mass is 745 g/mol. The van der Waals surface area contributed by atoms with E-state index >= 15 is 4.39 Å². The van der Waals surface area contributed by atoms with Gasteiger partial charge in [0, 0.05) is 62.3 Å². The molecule has 2 aromatic carbocycles. The highest BCUT2D eigenvalue weighted by Gasteiger charge is 2.39. The number of carbonyl (C=O) groups is 5. The predicted octanol–water partition coefficient (Wildman–Crippen LogP) is 5.15. The van der Waals surface area contributed by atoms with Gasteiger partial charge < -0.3 is 20.3 Å². The van der Waals surface area contributed by atoms with Gasteiger partial charge in [-0.2, -0.15) is 0 Å². The van der Waals surface area contributed by atoms with Gasteiger partial charge in [0.05, 0.1) is 17.8 Å². The summed E-state index contributed by atoms with van der Waals surface area (Å²) in [5.74, 6) is -2.59. The summed E-state index contributed by atoms with van der Waals surface area (Å²) in [5.41, 5.74) is 6.81. The maximum absolute atomic E-state index is 15.0. The first-order chi connectivity index (χ1) is 25.7. The highest BCUT2D eigenvalue weighted by atomic mass is 19.1. The van der Waals surface area contributed by atoms with Crippen LogP contribution in [-0.2, 0) is 30.5 Å². The molecule has 11 nitrogen and oxygen atoms in total. The van der Waals surface area contributed by atoms with E-state index in [0.717, 1.165) is 28.7 Å². The van der Waals surface area contributed by atoms with Crippen molar-refractivity contribution in [2.24, 2.45) is 23.0 Å². The molecule has 3 amide bonds. The van der Waals surface area contributed by atoms with Crippen LogP contribution in [0.15, 0.2) is 66.9 Å². The lowest BCUT2D eigenvalue weighted by molar-refractivity contribution is -0.140. The van der Waals surface area contributed by atoms with Gasteiger partial charge in [0.15, 0.2) is 0 Å². The maximum atomic E-state index is 15.0. The molecule has 3 N–H and O–H groups in total. The molecule has 0 spiro atoms. The van der Waals surface area contributed by atoms with Crippen molar-refractivity contribution in [1.82, 2.24) is 19.4 Å². The number of amides is 3. The second kappa shape index (κ2) is 17.5. The van der Waals surface area contributed by atoms with Gasteiger partial charge in [0.2, 0.25) is 5.91 Å². The summed E-state index contributed by atoms with van der Waals surface area (Å²) in [7, 11) is 0. The average molecular weight is 746 g/mol. The predicted molar refractivity (Wildman–Crippen MR) is 197 cm³/mol. The van der Waals surface area contributed by atoms with E-state index in [4.69, 9.17) is 10.7 Å². The number of rotatable bonds is 17. The van der Waals surface area contributed by atoms with Crippen molar-refractivity contribution in [3.63, 3.8) is 0 Å². The molecule has 13 heteroatoms. The van der Waals surface area contributed by atoms with E-state index in [1.54, 1.807) is 10.8 Å². The summed E-state index contributed by atoms with van der Waals surface area (Å²) < 4.78 is 31.1. The van der Waals surface area contributed by atoms with Gasteiger partial charge in [0.25, 0.3) is 11.8 Å². The summed E-state index contributed by atoms with van der Waals surface area (Å²) in [6, 6.07) is 10.9. The fourth-order valence-corrected chi connectivity index (χ4v) is 7.56. The van der Waals surface area contributed by atoms with Gasteiger partial charge in [-0.15, -0.1) is 0 Å². The van der Waals surface area contributed by atoms with Gasteiger partial charge in [-0.1, -0.05) is 51.1 Å². The van der Waals surface area contributed by atoms with Crippen molar-refractivity contribution in [3.8, 4) is 11.3 Å². The highest BCUT2D eigenvalue weighted by molar-refractivity contribution is 6.12. The second-order valence-electron chi connectivity index (χ2n) is 15.4. The number of Topliss-reactive ketones (excluding diaryl/α,β-unsaturated/α-hetero) is 2. The normalized spacial score (nSPS) is 18.3. The van der Waals surface area contributed by atoms with E-state index in [2.05, 4.69) is 0 Å². The maximum Gasteiger partial charge on any atom is 0.253 e. The number of nitrogens with zero attached hydrogens (tertiary/aromatic N) is 4. The lowest BCUT2D eigenvalue weighted by Gasteiger charge is -2.40. The zero-order valence-corrected chi connectivity index (χ0v) is 31.0. The van der Waals surface area contributed by atoms with Gasteiger partial charge in [-0.25, -0.2) is 13.8 Å². The molecule has 1 saturated carbocycles. The summed E-state index contributed by atoms with van der Waals surface area (Å²) in [4.78, 5) is 70.7. The Hall–Kier alpha value is -4.88. The molecular formula is C41H49F2N5O6. The van der Waals surface area contributed by atoms with Gasteiger partial charge in [-0.3, -0.25) is 28.9 Å². The van der Waals surface area contributed by atoms with Crippen LogP contribution in [0.1, 0.15) is 83.1 Å². The molecule has 5 rings (SSSR count). The minimum atomic E-state index is -0.917. The Bertz CT molecular complexity index is 1870. The van der Waals surface area contributed by atoms with Crippen LogP contribution in [0.5, 0.6) is 0 Å². The van der Waals surface area contributed by atoms with Crippen molar-refractivity contribution >= 4 is 29.3 Å². The van der Waals surface area contributed by atoms with Crippen molar-refractivity contribution < 1.29 is 37.9 Å². The number of aliphatic hydroxyl groups is 1. The minimum absolute atomic E-state index is 0.0133. The number of aliphatic hydroxyl groups excluding tert-OH is 1. The molecule has 3 aromatic rings. The number of hydrogen-bond donors (Lipinski definition) is 2. The molecule has 0 bridgehead atoms. The summed E-state index contributed by atoms with van der Waals surface area (Å²) in [5, 5.41) is 10.1. The lowest BCUT2D eigenvalue weighted by Crippen LogP contribution is -2.46. The highest BCUT2D eigenvalue weighted by Crippen LogP contribution is 2.40. The number of hydrogen-bond acceptors (Lipinski definition) is 8.